The van der Waals surface area contributed by atoms with Gasteiger partial charge in [-0.2, -0.15) is 0 Å². The summed E-state index contributed by atoms with van der Waals surface area (Å²) < 4.78 is 34.4. The zero-order valence-corrected chi connectivity index (χ0v) is 20.9. The van der Waals surface area contributed by atoms with Gasteiger partial charge in [0.1, 0.15) is 5.75 Å². The van der Waals surface area contributed by atoms with Gasteiger partial charge in [0.2, 0.25) is 5.91 Å². The number of piperidine rings is 1. The average molecular weight is 509 g/mol. The molecule has 0 spiro atoms. The zero-order valence-electron chi connectivity index (χ0n) is 20.9. The van der Waals surface area contributed by atoms with Gasteiger partial charge in [-0.25, -0.2) is 13.8 Å². The normalized spacial score (nSPS) is 21.7. The molecule has 0 aliphatic carbocycles. The monoisotopic (exact) mass is 508 g/mol. The maximum Gasteiger partial charge on any atom is 0.250 e. The van der Waals surface area contributed by atoms with Gasteiger partial charge in [0.15, 0.2) is 11.6 Å². The number of halogens is 2. The van der Waals surface area contributed by atoms with E-state index in [-0.39, 0.29) is 11.9 Å². The molecule has 2 aliphatic heterocycles. The molecule has 0 radical (unpaired) electrons. The van der Waals surface area contributed by atoms with E-state index in [1.807, 2.05) is 46.9 Å². The number of aromatic nitrogens is 2. The molecule has 1 N–H and O–H groups in total. The highest BCUT2D eigenvalue weighted by atomic mass is 19.2. The van der Waals surface area contributed by atoms with Crippen LogP contribution >= 0.6 is 0 Å². The third kappa shape index (κ3) is 5.28. The molecule has 0 saturated carbocycles. The van der Waals surface area contributed by atoms with Crippen molar-refractivity contribution in [3.05, 3.63) is 83.0 Å². The molecule has 2 aliphatic rings. The summed E-state index contributed by atoms with van der Waals surface area (Å²) in [6.45, 7) is 3.69. The number of hydrogen-bond donors (Lipinski definition) is 1. The smallest absolute Gasteiger partial charge is 0.250 e. The second-order valence-electron chi connectivity index (χ2n) is 9.70. The van der Waals surface area contributed by atoms with Crippen LogP contribution in [0, 0.1) is 18.6 Å². The molecule has 2 aromatic carbocycles. The van der Waals surface area contributed by atoms with E-state index < -0.39 is 17.7 Å². The molecule has 37 heavy (non-hydrogen) atoms. The number of amides is 1. The van der Waals surface area contributed by atoms with Crippen molar-refractivity contribution in [2.45, 2.75) is 38.5 Å². The number of methoxy groups -OCH3 is 1. The van der Waals surface area contributed by atoms with E-state index in [0.717, 1.165) is 29.4 Å². The first-order valence-electron chi connectivity index (χ1n) is 12.4. The summed E-state index contributed by atoms with van der Waals surface area (Å²) in [6.07, 6.45) is 6.28. The van der Waals surface area contributed by atoms with Gasteiger partial charge in [-0.05, 0) is 61.2 Å². The second kappa shape index (κ2) is 10.4. The van der Waals surface area contributed by atoms with Crippen molar-refractivity contribution in [1.29, 1.82) is 0 Å². The van der Waals surface area contributed by atoms with Crippen LogP contribution in [-0.2, 0) is 11.3 Å². The Balaban J connectivity index is 1.31. The lowest BCUT2D eigenvalue weighted by molar-refractivity contribution is -0.132. The molecule has 3 heterocycles. The summed E-state index contributed by atoms with van der Waals surface area (Å²) >= 11 is 0. The third-order valence-corrected chi connectivity index (χ3v) is 7.04. The highest BCUT2D eigenvalue weighted by molar-refractivity contribution is 5.98. The fourth-order valence-electron chi connectivity index (χ4n) is 5.21. The Morgan fingerprint density at radius 1 is 1.16 bits per heavy atom. The Morgan fingerprint density at radius 2 is 2.00 bits per heavy atom. The molecule has 9 heteroatoms. The number of aryl methyl sites for hydroxylation is 1. The lowest BCUT2D eigenvalue weighted by atomic mass is 9.98. The van der Waals surface area contributed by atoms with Crippen LogP contribution in [0.25, 0.3) is 11.8 Å². The first-order valence-corrected chi connectivity index (χ1v) is 12.4. The van der Waals surface area contributed by atoms with Crippen molar-refractivity contribution in [2.24, 2.45) is 0 Å². The number of nitrogens with zero attached hydrogens (tertiary/aromatic N) is 4. The van der Waals surface area contributed by atoms with E-state index in [1.54, 1.807) is 24.4 Å². The number of carbonyl (C=O) groups is 1. The predicted octanol–water partition coefficient (Wildman–Crippen LogP) is 3.72. The first kappa shape index (κ1) is 25.1. The zero-order chi connectivity index (χ0) is 26.1. The SMILES string of the molecule is COc1cc(C=C2CCCN([C@H]3CN(Cc4ccc(F)c(F)c4)C[C@@H]3O)C2=O)ccc1-n1cnc(C)c1. The highest BCUT2D eigenvalue weighted by Gasteiger charge is 2.39. The molecular weight excluding hydrogens is 478 g/mol. The minimum atomic E-state index is -0.889. The number of rotatable bonds is 6. The fraction of sp³-hybridized carbons (Fsp3) is 0.357. The Labute approximate surface area is 214 Å². The molecule has 5 rings (SSSR count). The van der Waals surface area contributed by atoms with Gasteiger partial charge in [-0.1, -0.05) is 12.1 Å². The van der Waals surface area contributed by atoms with Crippen molar-refractivity contribution in [3.63, 3.8) is 0 Å². The predicted molar refractivity (Wildman–Crippen MR) is 135 cm³/mol. The summed E-state index contributed by atoms with van der Waals surface area (Å²) in [7, 11) is 1.61. The number of hydrogen-bond acceptors (Lipinski definition) is 5. The van der Waals surface area contributed by atoms with Crippen molar-refractivity contribution in [2.75, 3.05) is 26.7 Å². The van der Waals surface area contributed by atoms with Crippen LogP contribution in [0.15, 0.2) is 54.5 Å². The molecule has 3 aromatic rings. The lowest BCUT2D eigenvalue weighted by Crippen LogP contribution is -2.49. The van der Waals surface area contributed by atoms with E-state index >= 15 is 0 Å². The third-order valence-electron chi connectivity index (χ3n) is 7.04. The number of benzene rings is 2. The van der Waals surface area contributed by atoms with Gasteiger partial charge in [0.05, 0.1) is 37.0 Å². The van der Waals surface area contributed by atoms with Crippen molar-refractivity contribution in [1.82, 2.24) is 19.4 Å². The van der Waals surface area contributed by atoms with Crippen molar-refractivity contribution in [3.8, 4) is 11.4 Å². The van der Waals surface area contributed by atoms with Crippen LogP contribution in [-0.4, -0.2) is 69.3 Å². The van der Waals surface area contributed by atoms with Gasteiger partial charge in [-0.15, -0.1) is 0 Å². The number of aliphatic hydroxyl groups is 1. The number of likely N-dealkylation sites (tertiary alicyclic amines) is 2. The molecule has 2 fully saturated rings. The average Bonchev–Trinajstić information content (AvgIpc) is 3.47. The maximum absolute atomic E-state index is 13.6. The fourth-order valence-corrected chi connectivity index (χ4v) is 5.21. The molecule has 7 nitrogen and oxygen atoms in total. The lowest BCUT2D eigenvalue weighted by Gasteiger charge is -2.35. The molecule has 2 saturated heterocycles. The van der Waals surface area contributed by atoms with E-state index in [1.165, 1.54) is 6.07 Å². The molecule has 0 unspecified atom stereocenters. The van der Waals surface area contributed by atoms with Crippen LogP contribution in [0.5, 0.6) is 5.75 Å². The minimum Gasteiger partial charge on any atom is -0.495 e. The number of β-amino-alcohol motifs (C(OH)–C–C–N with tert-alkyl or cyclic N) is 1. The highest BCUT2D eigenvalue weighted by Crippen LogP contribution is 2.29. The summed E-state index contributed by atoms with van der Waals surface area (Å²) in [4.78, 5) is 21.4. The van der Waals surface area contributed by atoms with E-state index in [9.17, 15) is 18.7 Å². The molecule has 1 amide bonds. The number of ether oxygens (including phenoxy) is 1. The topological polar surface area (TPSA) is 70.8 Å². The summed E-state index contributed by atoms with van der Waals surface area (Å²) in [5, 5.41) is 10.8. The Bertz CT molecular complexity index is 1340. The van der Waals surface area contributed by atoms with Gasteiger partial charge in [0.25, 0.3) is 0 Å². The Hall–Kier alpha value is -3.56. The molecule has 0 bridgehead atoms. The number of aliphatic hydroxyl groups excluding tert-OH is 1. The minimum absolute atomic E-state index is 0.0849. The number of carbonyl (C=O) groups excluding carboxylic acids is 1. The van der Waals surface area contributed by atoms with Gasteiger partial charge in [-0.3, -0.25) is 9.69 Å². The van der Waals surface area contributed by atoms with Crippen LogP contribution in [0.1, 0.15) is 29.7 Å². The van der Waals surface area contributed by atoms with Gasteiger partial charge in [0, 0.05) is 37.9 Å². The number of imidazole rings is 1. The Kier molecular flexibility index (Phi) is 7.08. The van der Waals surface area contributed by atoms with E-state index in [2.05, 4.69) is 4.98 Å². The van der Waals surface area contributed by atoms with Gasteiger partial charge < -0.3 is 19.3 Å². The molecule has 1 aromatic heterocycles. The van der Waals surface area contributed by atoms with Crippen LogP contribution < -0.4 is 4.74 Å². The maximum atomic E-state index is 13.6. The second-order valence-corrected chi connectivity index (χ2v) is 9.70. The van der Waals surface area contributed by atoms with Crippen LogP contribution in [0.2, 0.25) is 0 Å². The molecule has 2 atom stereocenters. The van der Waals surface area contributed by atoms with Crippen molar-refractivity contribution < 1.29 is 23.4 Å². The van der Waals surface area contributed by atoms with E-state index in [4.69, 9.17) is 4.74 Å². The summed E-state index contributed by atoms with van der Waals surface area (Å²) in [5.74, 6) is -1.19. The Morgan fingerprint density at radius 3 is 2.73 bits per heavy atom. The van der Waals surface area contributed by atoms with E-state index in [0.29, 0.717) is 49.5 Å². The quantitative estimate of drug-likeness (QED) is 0.514. The molecular formula is C28H30F2N4O3. The van der Waals surface area contributed by atoms with Crippen LogP contribution in [0.4, 0.5) is 8.78 Å². The standard InChI is InChI=1S/C28H30F2N4O3/c1-18-13-33(17-31-18)24-8-6-19(12-27(24)37-2)10-21-4-3-9-34(28(21)36)25-15-32(16-26(25)35)14-20-5-7-22(29)23(30)11-20/h5-8,10-13,17,25-26,35H,3-4,9,14-16H2,1-2H3/t25-,26-/m0/s1. The van der Waals surface area contributed by atoms with Crippen molar-refractivity contribution >= 4 is 12.0 Å². The summed E-state index contributed by atoms with van der Waals surface area (Å²) in [5.41, 5.74) is 3.93. The van der Waals surface area contributed by atoms with Crippen LogP contribution in [0.3, 0.4) is 0 Å². The summed E-state index contributed by atoms with van der Waals surface area (Å²) in [6, 6.07) is 9.25. The first-order chi connectivity index (χ1) is 17.8. The van der Waals surface area contributed by atoms with Gasteiger partial charge >= 0.3 is 0 Å². The molecule has 194 valence electrons. The largest absolute Gasteiger partial charge is 0.495 e.